The summed E-state index contributed by atoms with van der Waals surface area (Å²) >= 11 is 6.68. The molecule has 0 radical (unpaired) electrons. The summed E-state index contributed by atoms with van der Waals surface area (Å²) in [5, 5.41) is 6.45. The Labute approximate surface area is 108 Å². The van der Waals surface area contributed by atoms with Gasteiger partial charge in [-0.1, -0.05) is 53.9 Å². The van der Waals surface area contributed by atoms with Gasteiger partial charge in [-0.3, -0.25) is 0 Å². The second-order valence-corrected chi connectivity index (χ2v) is 5.45. The highest BCUT2D eigenvalue weighted by Crippen LogP contribution is 2.32. The summed E-state index contributed by atoms with van der Waals surface area (Å²) in [5.74, 6) is 0. The molecule has 0 unspecified atom stereocenters. The van der Waals surface area contributed by atoms with E-state index >= 15 is 0 Å². The Kier molecular flexibility index (Phi) is 2.53. The van der Waals surface area contributed by atoms with E-state index in [4.69, 9.17) is 12.2 Å². The maximum absolute atomic E-state index is 5.03. The van der Waals surface area contributed by atoms with Crippen molar-refractivity contribution in [3.8, 4) is 0 Å². The Balaban J connectivity index is 2.27. The molecule has 84 valence electrons. The quantitative estimate of drug-likeness (QED) is 0.662. The van der Waals surface area contributed by atoms with E-state index in [0.717, 1.165) is 15.6 Å². The lowest BCUT2D eigenvalue weighted by atomic mass is 10.1. The molecule has 0 saturated heterocycles. The number of benzene rings is 2. The number of hydrogen-bond donors (Lipinski definition) is 1. The SMILES string of the molecule is CC(=S)Nc1nc2ccc3ccccc3c2s1. The van der Waals surface area contributed by atoms with Crippen LogP contribution >= 0.6 is 23.6 Å². The highest BCUT2D eigenvalue weighted by Gasteiger charge is 2.06. The van der Waals surface area contributed by atoms with Crippen molar-refractivity contribution in [3.63, 3.8) is 0 Å². The number of nitrogens with one attached hydrogen (secondary N) is 1. The van der Waals surface area contributed by atoms with Crippen LogP contribution in [-0.2, 0) is 0 Å². The van der Waals surface area contributed by atoms with Gasteiger partial charge in [-0.2, -0.15) is 0 Å². The first-order chi connectivity index (χ1) is 8.24. The third kappa shape index (κ3) is 1.90. The van der Waals surface area contributed by atoms with Crippen LogP contribution in [0.4, 0.5) is 5.13 Å². The number of aromatic nitrogens is 1. The Morgan fingerprint density at radius 2 is 2.06 bits per heavy atom. The minimum absolute atomic E-state index is 0.744. The van der Waals surface area contributed by atoms with Gasteiger partial charge in [-0.25, -0.2) is 4.98 Å². The topological polar surface area (TPSA) is 24.9 Å². The number of nitrogens with zero attached hydrogens (tertiary/aromatic N) is 1. The molecule has 0 saturated carbocycles. The molecule has 0 atom stereocenters. The average molecular weight is 258 g/mol. The van der Waals surface area contributed by atoms with Crippen LogP contribution in [0.3, 0.4) is 0 Å². The van der Waals surface area contributed by atoms with Crippen molar-refractivity contribution in [2.45, 2.75) is 6.92 Å². The molecule has 0 amide bonds. The molecule has 1 aromatic heterocycles. The maximum Gasteiger partial charge on any atom is 0.188 e. The predicted octanol–water partition coefficient (Wildman–Crippen LogP) is 4.21. The van der Waals surface area contributed by atoms with Gasteiger partial charge in [-0.15, -0.1) is 0 Å². The molecular formula is C13H10N2S2. The van der Waals surface area contributed by atoms with E-state index in [9.17, 15) is 0 Å². The van der Waals surface area contributed by atoms with E-state index in [-0.39, 0.29) is 0 Å². The van der Waals surface area contributed by atoms with E-state index in [1.54, 1.807) is 11.3 Å². The lowest BCUT2D eigenvalue weighted by Gasteiger charge is -1.96. The van der Waals surface area contributed by atoms with Gasteiger partial charge in [0.1, 0.15) is 0 Å². The summed E-state index contributed by atoms with van der Waals surface area (Å²) in [7, 11) is 0. The molecule has 4 heteroatoms. The zero-order valence-electron chi connectivity index (χ0n) is 9.23. The zero-order chi connectivity index (χ0) is 11.8. The molecule has 2 nitrogen and oxygen atoms in total. The van der Waals surface area contributed by atoms with Crippen molar-refractivity contribution >= 4 is 54.7 Å². The van der Waals surface area contributed by atoms with Crippen LogP contribution in [0.25, 0.3) is 21.0 Å². The number of rotatable bonds is 1. The molecule has 0 aliphatic rings. The molecule has 2 aromatic carbocycles. The van der Waals surface area contributed by atoms with E-state index < -0.39 is 0 Å². The van der Waals surface area contributed by atoms with Gasteiger partial charge in [0.15, 0.2) is 5.13 Å². The van der Waals surface area contributed by atoms with Crippen LogP contribution in [0.2, 0.25) is 0 Å². The molecule has 0 aliphatic heterocycles. The molecule has 0 bridgehead atoms. The second-order valence-electron chi connectivity index (χ2n) is 3.84. The third-order valence-electron chi connectivity index (χ3n) is 2.56. The summed E-state index contributed by atoms with van der Waals surface area (Å²) in [6.45, 7) is 1.86. The molecule has 1 heterocycles. The molecule has 0 spiro atoms. The van der Waals surface area contributed by atoms with Crippen molar-refractivity contribution in [2.24, 2.45) is 0 Å². The number of thiocarbonyl (C=S) groups is 1. The first kappa shape index (κ1) is 10.6. The van der Waals surface area contributed by atoms with Crippen molar-refractivity contribution in [2.75, 3.05) is 5.32 Å². The standard InChI is InChI=1S/C13H10N2S2/c1-8(16)14-13-15-11-7-6-9-4-2-3-5-10(9)12(11)17-13/h2-7H,1H3,(H,14,15,16). The number of thiazole rings is 1. The fraction of sp³-hybridized carbons (Fsp3) is 0.0769. The van der Waals surface area contributed by atoms with Crippen LogP contribution in [0.5, 0.6) is 0 Å². The van der Waals surface area contributed by atoms with Gasteiger partial charge in [0, 0.05) is 5.39 Å². The summed E-state index contributed by atoms with van der Waals surface area (Å²) in [6, 6.07) is 12.5. The molecule has 3 aromatic rings. The molecule has 1 N–H and O–H groups in total. The smallest absolute Gasteiger partial charge is 0.188 e. The second kappa shape index (κ2) is 4.05. The fourth-order valence-corrected chi connectivity index (χ4v) is 3.08. The minimum Gasteiger partial charge on any atom is -0.326 e. The van der Waals surface area contributed by atoms with E-state index in [2.05, 4.69) is 46.7 Å². The minimum atomic E-state index is 0.744. The van der Waals surface area contributed by atoms with Crippen LogP contribution in [0.15, 0.2) is 36.4 Å². The van der Waals surface area contributed by atoms with Crippen LogP contribution < -0.4 is 5.32 Å². The average Bonchev–Trinajstić information content (AvgIpc) is 2.70. The first-order valence-electron chi connectivity index (χ1n) is 5.30. The molecule has 0 aliphatic carbocycles. The van der Waals surface area contributed by atoms with Gasteiger partial charge in [0.05, 0.1) is 15.2 Å². The predicted molar refractivity (Wildman–Crippen MR) is 79.0 cm³/mol. The Morgan fingerprint density at radius 1 is 1.24 bits per heavy atom. The van der Waals surface area contributed by atoms with Crippen LogP contribution in [0.1, 0.15) is 6.92 Å². The summed E-state index contributed by atoms with van der Waals surface area (Å²) < 4.78 is 1.21. The monoisotopic (exact) mass is 258 g/mol. The van der Waals surface area contributed by atoms with Crippen molar-refractivity contribution in [1.29, 1.82) is 0 Å². The Bertz CT molecular complexity index is 716. The van der Waals surface area contributed by atoms with Crippen LogP contribution in [-0.4, -0.2) is 9.97 Å². The van der Waals surface area contributed by atoms with E-state index in [1.165, 1.54) is 15.5 Å². The number of fused-ring (bicyclic) bond motifs is 3. The molecule has 0 fully saturated rings. The maximum atomic E-state index is 5.03. The van der Waals surface area contributed by atoms with Gasteiger partial charge in [-0.05, 0) is 18.4 Å². The van der Waals surface area contributed by atoms with Gasteiger partial charge < -0.3 is 5.32 Å². The normalized spacial score (nSPS) is 10.9. The van der Waals surface area contributed by atoms with Crippen molar-refractivity contribution in [1.82, 2.24) is 4.98 Å². The lowest BCUT2D eigenvalue weighted by molar-refractivity contribution is 1.48. The summed E-state index contributed by atoms with van der Waals surface area (Å²) in [4.78, 5) is 5.27. The first-order valence-corrected chi connectivity index (χ1v) is 6.52. The Morgan fingerprint density at radius 3 is 2.88 bits per heavy atom. The highest BCUT2D eigenvalue weighted by molar-refractivity contribution is 7.80. The van der Waals surface area contributed by atoms with Crippen molar-refractivity contribution in [3.05, 3.63) is 36.4 Å². The number of anilines is 1. The van der Waals surface area contributed by atoms with Gasteiger partial charge in [0.25, 0.3) is 0 Å². The van der Waals surface area contributed by atoms with E-state index in [0.29, 0.717) is 0 Å². The molecule has 3 rings (SSSR count). The Hall–Kier alpha value is -1.52. The number of hydrogen-bond acceptors (Lipinski definition) is 3. The molecule has 17 heavy (non-hydrogen) atoms. The summed E-state index contributed by atoms with van der Waals surface area (Å²) in [5.41, 5.74) is 1.02. The van der Waals surface area contributed by atoms with Gasteiger partial charge >= 0.3 is 0 Å². The van der Waals surface area contributed by atoms with E-state index in [1.807, 2.05) is 6.92 Å². The largest absolute Gasteiger partial charge is 0.326 e. The molecular weight excluding hydrogens is 248 g/mol. The third-order valence-corrected chi connectivity index (χ3v) is 3.68. The van der Waals surface area contributed by atoms with Crippen molar-refractivity contribution < 1.29 is 0 Å². The highest BCUT2D eigenvalue weighted by atomic mass is 32.1. The van der Waals surface area contributed by atoms with Crippen LogP contribution in [0, 0.1) is 0 Å². The zero-order valence-corrected chi connectivity index (χ0v) is 10.9. The fourth-order valence-electron chi connectivity index (χ4n) is 1.86. The van der Waals surface area contributed by atoms with Gasteiger partial charge in [0.2, 0.25) is 0 Å². The summed E-state index contributed by atoms with van der Waals surface area (Å²) in [6.07, 6.45) is 0. The lowest BCUT2D eigenvalue weighted by Crippen LogP contribution is -2.02.